The van der Waals surface area contributed by atoms with Gasteiger partial charge in [-0.25, -0.2) is 9.59 Å². The third-order valence-electron chi connectivity index (χ3n) is 5.29. The number of likely N-dealkylation sites (tertiary alicyclic amines) is 1. The minimum Gasteiger partial charge on any atom is -0.505 e. The summed E-state index contributed by atoms with van der Waals surface area (Å²) in [6, 6.07) is 16.7. The summed E-state index contributed by atoms with van der Waals surface area (Å²) in [5, 5.41) is 0. The number of carbonyl (C=O) groups excluding carboxylic acids is 2. The predicted octanol–water partition coefficient (Wildman–Crippen LogP) is 4.72. The lowest BCUT2D eigenvalue weighted by Gasteiger charge is -2.38. The highest BCUT2D eigenvalue weighted by Crippen LogP contribution is 2.35. The number of rotatable bonds is 6. The van der Waals surface area contributed by atoms with Crippen molar-refractivity contribution >= 4 is 12.1 Å². The molecule has 2 atom stereocenters. The number of ether oxygens (including phenoxy) is 3. The minimum atomic E-state index is -0.384. The quantitative estimate of drug-likeness (QED) is 0.510. The molecule has 2 aromatic carbocycles. The van der Waals surface area contributed by atoms with Crippen LogP contribution in [0.15, 0.2) is 66.9 Å². The Balaban J connectivity index is 1.76. The van der Waals surface area contributed by atoms with Crippen LogP contribution in [0.1, 0.15) is 40.4 Å². The first-order chi connectivity index (χ1) is 14.6. The van der Waals surface area contributed by atoms with Crippen LogP contribution >= 0.6 is 0 Å². The van der Waals surface area contributed by atoms with Gasteiger partial charge in [-0.15, -0.1) is 0 Å². The standard InChI is InChI=1S/C24H27NO5/c1-28-15-13-18-12-14-25(24(27)30-17-19-6-4-3-5-7-19)22(16-18)20-8-10-21(11-9-20)23(26)29-2/h3-11,13,15,18,22H,12,14,16-17H2,1-2H3/t18?,22-/m0/s1. The van der Waals surface area contributed by atoms with Crippen LogP contribution in [-0.4, -0.2) is 37.7 Å². The van der Waals surface area contributed by atoms with Gasteiger partial charge in [-0.3, -0.25) is 0 Å². The summed E-state index contributed by atoms with van der Waals surface area (Å²) < 4.78 is 15.4. The third kappa shape index (κ3) is 5.41. The molecule has 0 bridgehead atoms. The number of hydrogen-bond donors (Lipinski definition) is 0. The van der Waals surface area contributed by atoms with E-state index in [0.717, 1.165) is 24.0 Å². The third-order valence-corrected chi connectivity index (χ3v) is 5.29. The first kappa shape index (κ1) is 21.4. The van der Waals surface area contributed by atoms with Gasteiger partial charge in [-0.05, 0) is 48.1 Å². The van der Waals surface area contributed by atoms with Gasteiger partial charge in [0.15, 0.2) is 0 Å². The van der Waals surface area contributed by atoms with E-state index < -0.39 is 0 Å². The van der Waals surface area contributed by atoms with Crippen LogP contribution in [0, 0.1) is 5.92 Å². The lowest BCUT2D eigenvalue weighted by molar-refractivity contribution is 0.0591. The predicted molar refractivity (Wildman–Crippen MR) is 113 cm³/mol. The second-order valence-corrected chi connectivity index (χ2v) is 7.21. The minimum absolute atomic E-state index is 0.153. The van der Waals surface area contributed by atoms with E-state index in [2.05, 4.69) is 0 Å². The molecular formula is C24H27NO5. The lowest BCUT2D eigenvalue weighted by Crippen LogP contribution is -2.41. The maximum absolute atomic E-state index is 12.9. The largest absolute Gasteiger partial charge is 0.505 e. The van der Waals surface area contributed by atoms with Gasteiger partial charge in [0.25, 0.3) is 0 Å². The van der Waals surface area contributed by atoms with Crippen molar-refractivity contribution in [2.24, 2.45) is 5.92 Å². The maximum Gasteiger partial charge on any atom is 0.410 e. The van der Waals surface area contributed by atoms with Gasteiger partial charge >= 0.3 is 12.1 Å². The Hall–Kier alpha value is -3.28. The van der Waals surface area contributed by atoms with E-state index in [1.807, 2.05) is 48.5 Å². The Labute approximate surface area is 177 Å². The summed E-state index contributed by atoms with van der Waals surface area (Å²) in [7, 11) is 2.98. The molecule has 0 aromatic heterocycles. The van der Waals surface area contributed by atoms with Crippen LogP contribution in [0.5, 0.6) is 0 Å². The highest BCUT2D eigenvalue weighted by Gasteiger charge is 2.33. The molecule has 3 rings (SSSR count). The zero-order valence-corrected chi connectivity index (χ0v) is 17.3. The van der Waals surface area contributed by atoms with Gasteiger partial charge in [-0.2, -0.15) is 0 Å². The molecule has 6 heteroatoms. The second-order valence-electron chi connectivity index (χ2n) is 7.21. The van der Waals surface area contributed by atoms with E-state index >= 15 is 0 Å². The van der Waals surface area contributed by atoms with E-state index in [9.17, 15) is 9.59 Å². The zero-order chi connectivity index (χ0) is 21.3. The van der Waals surface area contributed by atoms with Crippen LogP contribution in [0.3, 0.4) is 0 Å². The fraction of sp³-hybridized carbons (Fsp3) is 0.333. The van der Waals surface area contributed by atoms with Crippen LogP contribution in [0.4, 0.5) is 4.79 Å². The molecule has 0 radical (unpaired) electrons. The average molecular weight is 409 g/mol. The zero-order valence-electron chi connectivity index (χ0n) is 17.3. The molecule has 1 aliphatic rings. The second kappa shape index (κ2) is 10.5. The number of amides is 1. The van der Waals surface area contributed by atoms with Crippen molar-refractivity contribution in [1.29, 1.82) is 0 Å². The molecule has 30 heavy (non-hydrogen) atoms. The number of piperidine rings is 1. The van der Waals surface area contributed by atoms with Crippen molar-refractivity contribution < 1.29 is 23.8 Å². The summed E-state index contributed by atoms with van der Waals surface area (Å²) in [5.74, 6) is -0.0985. The molecule has 0 aliphatic carbocycles. The number of methoxy groups -OCH3 is 2. The van der Waals surface area contributed by atoms with E-state index in [-0.39, 0.29) is 30.6 Å². The summed E-state index contributed by atoms with van der Waals surface area (Å²) in [6.07, 6.45) is 4.96. The average Bonchev–Trinajstić information content (AvgIpc) is 2.81. The van der Waals surface area contributed by atoms with Crippen molar-refractivity contribution in [3.63, 3.8) is 0 Å². The Bertz CT molecular complexity index is 863. The molecule has 158 valence electrons. The van der Waals surface area contributed by atoms with E-state index in [4.69, 9.17) is 14.2 Å². The fourth-order valence-electron chi connectivity index (χ4n) is 3.65. The molecule has 1 amide bonds. The van der Waals surface area contributed by atoms with E-state index in [0.29, 0.717) is 12.1 Å². The van der Waals surface area contributed by atoms with Gasteiger partial charge < -0.3 is 19.1 Å². The number of nitrogens with zero attached hydrogens (tertiary/aromatic N) is 1. The lowest BCUT2D eigenvalue weighted by atomic mass is 9.87. The van der Waals surface area contributed by atoms with Gasteiger partial charge in [-0.1, -0.05) is 42.5 Å². The first-order valence-corrected chi connectivity index (χ1v) is 9.97. The number of allylic oxidation sites excluding steroid dienone is 1. The SMILES string of the molecule is COC=CC1CCN(C(=O)OCc2ccccc2)[C@H](c2ccc(C(=O)OC)cc2)C1. The molecule has 1 heterocycles. The molecule has 6 nitrogen and oxygen atoms in total. The summed E-state index contributed by atoms with van der Waals surface area (Å²) in [6.45, 7) is 0.812. The summed E-state index contributed by atoms with van der Waals surface area (Å²) in [5.41, 5.74) is 2.38. The number of benzene rings is 2. The Morgan fingerprint density at radius 2 is 1.80 bits per heavy atom. The van der Waals surface area contributed by atoms with Gasteiger partial charge in [0.1, 0.15) is 6.61 Å². The van der Waals surface area contributed by atoms with Crippen LogP contribution in [-0.2, 0) is 20.8 Å². The van der Waals surface area contributed by atoms with Gasteiger partial charge in [0, 0.05) is 6.54 Å². The molecule has 0 N–H and O–H groups in total. The summed E-state index contributed by atoms with van der Waals surface area (Å²) >= 11 is 0. The van der Waals surface area contributed by atoms with Crippen LogP contribution in [0.25, 0.3) is 0 Å². The smallest absolute Gasteiger partial charge is 0.410 e. The fourth-order valence-corrected chi connectivity index (χ4v) is 3.65. The van der Waals surface area contributed by atoms with Crippen molar-refractivity contribution in [2.75, 3.05) is 20.8 Å². The number of hydrogen-bond acceptors (Lipinski definition) is 5. The monoisotopic (exact) mass is 409 g/mol. The Morgan fingerprint density at radius 3 is 2.47 bits per heavy atom. The molecule has 1 saturated heterocycles. The van der Waals surface area contributed by atoms with Crippen molar-refractivity contribution in [3.05, 3.63) is 83.6 Å². The van der Waals surface area contributed by atoms with Crippen molar-refractivity contribution in [3.8, 4) is 0 Å². The molecule has 0 saturated carbocycles. The first-order valence-electron chi connectivity index (χ1n) is 9.97. The van der Waals surface area contributed by atoms with E-state index in [1.54, 1.807) is 30.4 Å². The Kier molecular flexibility index (Phi) is 7.49. The van der Waals surface area contributed by atoms with Crippen molar-refractivity contribution in [2.45, 2.75) is 25.5 Å². The molecular weight excluding hydrogens is 382 g/mol. The highest BCUT2D eigenvalue weighted by molar-refractivity contribution is 5.89. The molecule has 1 fully saturated rings. The highest BCUT2D eigenvalue weighted by atomic mass is 16.6. The van der Waals surface area contributed by atoms with E-state index in [1.165, 1.54) is 7.11 Å². The van der Waals surface area contributed by atoms with Gasteiger partial charge in [0.05, 0.1) is 32.1 Å². The molecule has 2 aromatic rings. The normalized spacial score (nSPS) is 18.8. The van der Waals surface area contributed by atoms with Gasteiger partial charge in [0.2, 0.25) is 0 Å². The molecule has 1 unspecified atom stereocenters. The summed E-state index contributed by atoms with van der Waals surface area (Å²) in [4.78, 5) is 26.4. The number of carbonyl (C=O) groups is 2. The van der Waals surface area contributed by atoms with Crippen LogP contribution in [0.2, 0.25) is 0 Å². The topological polar surface area (TPSA) is 65.1 Å². The maximum atomic E-state index is 12.9. The molecule has 1 aliphatic heterocycles. The number of esters is 1. The molecule has 0 spiro atoms. The Morgan fingerprint density at radius 1 is 1.07 bits per heavy atom. The van der Waals surface area contributed by atoms with Crippen molar-refractivity contribution in [1.82, 2.24) is 4.90 Å². The van der Waals surface area contributed by atoms with Crippen LogP contribution < -0.4 is 0 Å².